The predicted octanol–water partition coefficient (Wildman–Crippen LogP) is 4.38. The van der Waals surface area contributed by atoms with Crippen molar-refractivity contribution in [1.82, 2.24) is 4.90 Å². The maximum atomic E-state index is 12.5. The molecule has 3 nitrogen and oxygen atoms in total. The minimum Gasteiger partial charge on any atom is -0.451 e. The molecule has 0 aliphatic rings. The maximum absolute atomic E-state index is 12.5. The van der Waals surface area contributed by atoms with E-state index in [2.05, 4.69) is 22.9 Å². The first-order chi connectivity index (χ1) is 9.65. The van der Waals surface area contributed by atoms with Gasteiger partial charge in [-0.05, 0) is 31.5 Å². The van der Waals surface area contributed by atoms with Gasteiger partial charge in [0.05, 0.1) is 0 Å². The number of benzene rings is 1. The fraction of sp³-hybridized carbons (Fsp3) is 0.438. The van der Waals surface area contributed by atoms with Gasteiger partial charge in [-0.15, -0.1) is 0 Å². The zero-order chi connectivity index (χ0) is 14.5. The lowest BCUT2D eigenvalue weighted by atomic mass is 10.2. The molecule has 0 saturated carbocycles. The molecule has 0 radical (unpaired) electrons. The van der Waals surface area contributed by atoms with Gasteiger partial charge in [0, 0.05) is 23.8 Å². The Hall–Kier alpha value is -1.29. The van der Waals surface area contributed by atoms with E-state index in [0.29, 0.717) is 12.3 Å². The summed E-state index contributed by atoms with van der Waals surface area (Å²) in [4.78, 5) is 14.4. The maximum Gasteiger partial charge on any atom is 0.289 e. The second-order valence-electron chi connectivity index (χ2n) is 4.99. The summed E-state index contributed by atoms with van der Waals surface area (Å²) in [6, 6.07) is 7.80. The van der Waals surface area contributed by atoms with Crippen molar-refractivity contribution in [3.63, 3.8) is 0 Å². The van der Waals surface area contributed by atoms with Gasteiger partial charge in [-0.1, -0.05) is 40.9 Å². The van der Waals surface area contributed by atoms with Gasteiger partial charge in [-0.3, -0.25) is 4.79 Å². The van der Waals surface area contributed by atoms with Crippen LogP contribution >= 0.6 is 15.9 Å². The van der Waals surface area contributed by atoms with Crippen molar-refractivity contribution in [2.75, 3.05) is 18.4 Å². The first-order valence-corrected chi connectivity index (χ1v) is 8.13. The lowest BCUT2D eigenvalue weighted by molar-refractivity contribution is 0.0735. The number of rotatable bonds is 6. The number of carbonyl (C=O) groups is 1. The van der Waals surface area contributed by atoms with Crippen molar-refractivity contribution in [3.05, 3.63) is 35.6 Å². The molecular formula is C16H20BrNO2. The van der Waals surface area contributed by atoms with Crippen LogP contribution in [0.4, 0.5) is 0 Å². The Bertz CT molecular complexity index is 591. The molecule has 0 saturated heterocycles. The van der Waals surface area contributed by atoms with E-state index in [0.717, 1.165) is 35.7 Å². The molecule has 20 heavy (non-hydrogen) atoms. The first kappa shape index (κ1) is 15.1. The van der Waals surface area contributed by atoms with E-state index in [1.54, 1.807) is 0 Å². The molecule has 0 aliphatic carbocycles. The van der Waals surface area contributed by atoms with Crippen LogP contribution in [0.15, 0.2) is 28.7 Å². The molecule has 1 aromatic carbocycles. The van der Waals surface area contributed by atoms with E-state index in [9.17, 15) is 4.79 Å². The fourth-order valence-corrected chi connectivity index (χ4v) is 2.62. The summed E-state index contributed by atoms with van der Waals surface area (Å²) in [7, 11) is 0. The van der Waals surface area contributed by atoms with Crippen molar-refractivity contribution in [2.24, 2.45) is 0 Å². The van der Waals surface area contributed by atoms with Crippen LogP contribution in [0.25, 0.3) is 11.0 Å². The minimum absolute atomic E-state index is 0.0215. The molecule has 2 aromatic rings. The van der Waals surface area contributed by atoms with Crippen molar-refractivity contribution in [3.8, 4) is 0 Å². The molecule has 1 amide bonds. The molecule has 2 rings (SSSR count). The van der Waals surface area contributed by atoms with E-state index in [4.69, 9.17) is 4.42 Å². The second-order valence-corrected chi connectivity index (χ2v) is 5.78. The van der Waals surface area contributed by atoms with E-state index in [1.165, 1.54) is 5.56 Å². The molecule has 0 N–H and O–H groups in total. The van der Waals surface area contributed by atoms with Crippen LogP contribution in [-0.2, 0) is 0 Å². The Kier molecular flexibility index (Phi) is 5.24. The number of unbranched alkanes of at least 4 members (excludes halogenated alkanes) is 1. The molecule has 0 unspecified atom stereocenters. The topological polar surface area (TPSA) is 33.5 Å². The molecule has 0 fully saturated rings. The highest BCUT2D eigenvalue weighted by molar-refractivity contribution is 9.09. The third-order valence-electron chi connectivity index (χ3n) is 3.31. The number of alkyl halides is 1. The second kappa shape index (κ2) is 6.93. The number of fused-ring (bicyclic) bond motifs is 1. The zero-order valence-corrected chi connectivity index (χ0v) is 13.6. The Morgan fingerprint density at radius 1 is 1.30 bits per heavy atom. The van der Waals surface area contributed by atoms with Gasteiger partial charge in [0.15, 0.2) is 5.76 Å². The van der Waals surface area contributed by atoms with Crippen LogP contribution in [-0.4, -0.2) is 29.2 Å². The molecular weight excluding hydrogens is 318 g/mol. The van der Waals surface area contributed by atoms with Gasteiger partial charge < -0.3 is 9.32 Å². The van der Waals surface area contributed by atoms with Gasteiger partial charge >= 0.3 is 0 Å². The smallest absolute Gasteiger partial charge is 0.289 e. The van der Waals surface area contributed by atoms with Crippen molar-refractivity contribution in [1.29, 1.82) is 0 Å². The quantitative estimate of drug-likeness (QED) is 0.733. The van der Waals surface area contributed by atoms with Crippen LogP contribution in [0.1, 0.15) is 35.9 Å². The average Bonchev–Trinajstić information content (AvgIpc) is 2.85. The summed E-state index contributed by atoms with van der Waals surface area (Å²) in [5.41, 5.74) is 1.94. The van der Waals surface area contributed by atoms with Gasteiger partial charge in [-0.25, -0.2) is 0 Å². The standard InChI is InChI=1S/C16H20BrNO2/c1-3-4-8-18(9-7-17)16(19)15-11-13-10-12(2)5-6-14(13)20-15/h5-6,10-11H,3-4,7-9H2,1-2H3. The van der Waals surface area contributed by atoms with Crippen molar-refractivity contribution >= 4 is 32.8 Å². The number of amides is 1. The monoisotopic (exact) mass is 337 g/mol. The highest BCUT2D eigenvalue weighted by Gasteiger charge is 2.19. The van der Waals surface area contributed by atoms with Crippen LogP contribution < -0.4 is 0 Å². The van der Waals surface area contributed by atoms with Crippen molar-refractivity contribution < 1.29 is 9.21 Å². The summed E-state index contributed by atoms with van der Waals surface area (Å²) < 4.78 is 5.69. The third-order valence-corrected chi connectivity index (χ3v) is 3.66. The SMILES string of the molecule is CCCCN(CCBr)C(=O)c1cc2cc(C)ccc2o1. The van der Waals surface area contributed by atoms with Gasteiger partial charge in [-0.2, -0.15) is 0 Å². The van der Waals surface area contributed by atoms with E-state index < -0.39 is 0 Å². The number of hydrogen-bond donors (Lipinski definition) is 0. The average molecular weight is 338 g/mol. The number of halogens is 1. The number of aryl methyl sites for hydroxylation is 1. The van der Waals surface area contributed by atoms with Crippen molar-refractivity contribution in [2.45, 2.75) is 26.7 Å². The lowest BCUT2D eigenvalue weighted by Crippen LogP contribution is -2.33. The van der Waals surface area contributed by atoms with E-state index in [1.807, 2.05) is 36.1 Å². The number of hydrogen-bond acceptors (Lipinski definition) is 2. The largest absolute Gasteiger partial charge is 0.451 e. The number of carbonyl (C=O) groups excluding carboxylic acids is 1. The number of nitrogens with zero attached hydrogens (tertiary/aromatic N) is 1. The number of furan rings is 1. The summed E-state index contributed by atoms with van der Waals surface area (Å²) in [5, 5.41) is 1.77. The summed E-state index contributed by atoms with van der Waals surface area (Å²) >= 11 is 3.40. The Morgan fingerprint density at radius 2 is 2.10 bits per heavy atom. The molecule has 0 atom stereocenters. The molecule has 4 heteroatoms. The highest BCUT2D eigenvalue weighted by Crippen LogP contribution is 2.21. The Morgan fingerprint density at radius 3 is 2.80 bits per heavy atom. The van der Waals surface area contributed by atoms with Crippen LogP contribution in [0, 0.1) is 6.92 Å². The van der Waals surface area contributed by atoms with Crippen LogP contribution in [0.2, 0.25) is 0 Å². The molecule has 1 aromatic heterocycles. The normalized spacial score (nSPS) is 10.9. The minimum atomic E-state index is -0.0215. The van der Waals surface area contributed by atoms with Gasteiger partial charge in [0.25, 0.3) is 5.91 Å². The summed E-state index contributed by atoms with van der Waals surface area (Å²) in [5.74, 6) is 0.411. The predicted molar refractivity (Wildman–Crippen MR) is 85.6 cm³/mol. The Balaban J connectivity index is 2.23. The Labute approximate surface area is 128 Å². The molecule has 108 valence electrons. The molecule has 0 spiro atoms. The summed E-state index contributed by atoms with van der Waals surface area (Å²) in [6.07, 6.45) is 2.09. The summed E-state index contributed by atoms with van der Waals surface area (Å²) in [6.45, 7) is 5.64. The van der Waals surface area contributed by atoms with Crippen LogP contribution in [0.3, 0.4) is 0 Å². The zero-order valence-electron chi connectivity index (χ0n) is 12.0. The molecule has 1 heterocycles. The molecule has 0 aliphatic heterocycles. The van der Waals surface area contributed by atoms with E-state index in [-0.39, 0.29) is 5.91 Å². The van der Waals surface area contributed by atoms with Gasteiger partial charge in [0.2, 0.25) is 0 Å². The lowest BCUT2D eigenvalue weighted by Gasteiger charge is -2.20. The first-order valence-electron chi connectivity index (χ1n) is 7.01. The van der Waals surface area contributed by atoms with Crippen LogP contribution in [0.5, 0.6) is 0 Å². The molecule has 0 bridgehead atoms. The van der Waals surface area contributed by atoms with E-state index >= 15 is 0 Å². The third kappa shape index (κ3) is 3.42. The highest BCUT2D eigenvalue weighted by atomic mass is 79.9. The fourth-order valence-electron chi connectivity index (χ4n) is 2.19. The van der Waals surface area contributed by atoms with Gasteiger partial charge in [0.1, 0.15) is 5.58 Å².